The maximum absolute atomic E-state index is 12.2. The Kier molecular flexibility index (Phi) is 3.43. The van der Waals surface area contributed by atoms with Gasteiger partial charge < -0.3 is 10.0 Å². The number of amides is 1. The van der Waals surface area contributed by atoms with Crippen molar-refractivity contribution in [2.45, 2.75) is 26.4 Å². The Morgan fingerprint density at radius 1 is 1.53 bits per heavy atom. The van der Waals surface area contributed by atoms with Crippen LogP contribution in [-0.2, 0) is 0 Å². The third kappa shape index (κ3) is 2.64. The molecule has 0 bridgehead atoms. The fourth-order valence-corrected chi connectivity index (χ4v) is 2.17. The first kappa shape index (κ1) is 12.0. The fraction of sp³-hybridized carbons (Fsp3) is 0.538. The zero-order valence-corrected chi connectivity index (χ0v) is 10.3. The van der Waals surface area contributed by atoms with E-state index < -0.39 is 0 Å². The SMILES string of the molecule is Cc1cncc(C(=O)N2CCC(O)C(C)C2)c1. The normalized spacial score (nSPS) is 24.8. The summed E-state index contributed by atoms with van der Waals surface area (Å²) in [5.41, 5.74) is 1.62. The molecular formula is C13H18N2O2. The van der Waals surface area contributed by atoms with E-state index in [1.807, 2.05) is 19.9 Å². The lowest BCUT2D eigenvalue weighted by Crippen LogP contribution is -2.45. The molecule has 1 aromatic heterocycles. The molecule has 0 radical (unpaired) electrons. The van der Waals surface area contributed by atoms with Crippen molar-refractivity contribution < 1.29 is 9.90 Å². The number of rotatable bonds is 1. The number of aliphatic hydroxyl groups is 1. The van der Waals surface area contributed by atoms with E-state index in [-0.39, 0.29) is 17.9 Å². The van der Waals surface area contributed by atoms with Gasteiger partial charge in [0.15, 0.2) is 0 Å². The summed E-state index contributed by atoms with van der Waals surface area (Å²) in [6.45, 7) is 5.14. The highest BCUT2D eigenvalue weighted by Crippen LogP contribution is 2.18. The maximum atomic E-state index is 12.2. The van der Waals surface area contributed by atoms with Crippen LogP contribution in [0.1, 0.15) is 29.3 Å². The number of carbonyl (C=O) groups is 1. The molecule has 1 fully saturated rings. The van der Waals surface area contributed by atoms with Gasteiger partial charge in [0.25, 0.3) is 5.91 Å². The molecule has 1 amide bonds. The largest absolute Gasteiger partial charge is 0.393 e. The number of piperidine rings is 1. The molecule has 2 rings (SSSR count). The Morgan fingerprint density at radius 2 is 2.29 bits per heavy atom. The number of aryl methyl sites for hydroxylation is 1. The molecule has 0 aliphatic carbocycles. The summed E-state index contributed by atoms with van der Waals surface area (Å²) in [5, 5.41) is 9.64. The second-order valence-corrected chi connectivity index (χ2v) is 4.84. The van der Waals surface area contributed by atoms with Crippen molar-refractivity contribution in [3.63, 3.8) is 0 Å². The van der Waals surface area contributed by atoms with Crippen molar-refractivity contribution in [2.75, 3.05) is 13.1 Å². The van der Waals surface area contributed by atoms with Crippen molar-refractivity contribution in [1.29, 1.82) is 0 Å². The van der Waals surface area contributed by atoms with E-state index in [0.29, 0.717) is 25.1 Å². The van der Waals surface area contributed by atoms with E-state index in [1.54, 1.807) is 17.3 Å². The monoisotopic (exact) mass is 234 g/mol. The molecule has 1 N–H and O–H groups in total. The molecule has 0 spiro atoms. The minimum atomic E-state index is -0.283. The van der Waals surface area contributed by atoms with Gasteiger partial charge in [0.2, 0.25) is 0 Å². The van der Waals surface area contributed by atoms with Crippen LogP contribution in [0.15, 0.2) is 18.5 Å². The quantitative estimate of drug-likeness (QED) is 0.795. The zero-order chi connectivity index (χ0) is 12.4. The number of likely N-dealkylation sites (tertiary alicyclic amines) is 1. The van der Waals surface area contributed by atoms with Crippen LogP contribution in [0.4, 0.5) is 0 Å². The van der Waals surface area contributed by atoms with Gasteiger partial charge in [0, 0.05) is 25.5 Å². The molecule has 0 saturated carbocycles. The Morgan fingerprint density at radius 3 is 2.94 bits per heavy atom. The summed E-state index contributed by atoms with van der Waals surface area (Å²) >= 11 is 0. The minimum Gasteiger partial charge on any atom is -0.393 e. The van der Waals surface area contributed by atoms with Crippen LogP contribution in [0.25, 0.3) is 0 Å². The van der Waals surface area contributed by atoms with Gasteiger partial charge in [-0.15, -0.1) is 0 Å². The lowest BCUT2D eigenvalue weighted by atomic mass is 9.96. The fourth-order valence-electron chi connectivity index (χ4n) is 2.17. The summed E-state index contributed by atoms with van der Waals surface area (Å²) in [6, 6.07) is 1.85. The summed E-state index contributed by atoms with van der Waals surface area (Å²) in [6.07, 6.45) is 3.71. The molecule has 92 valence electrons. The van der Waals surface area contributed by atoms with Crippen molar-refractivity contribution in [3.05, 3.63) is 29.6 Å². The molecule has 2 heterocycles. The van der Waals surface area contributed by atoms with Gasteiger partial charge in [0.1, 0.15) is 0 Å². The predicted molar refractivity (Wildman–Crippen MR) is 64.7 cm³/mol. The molecule has 2 atom stereocenters. The standard InChI is InChI=1S/C13H18N2O2/c1-9-5-11(7-14-6-9)13(17)15-4-3-12(16)10(2)8-15/h5-7,10,12,16H,3-4,8H2,1-2H3. The van der Waals surface area contributed by atoms with E-state index in [2.05, 4.69) is 4.98 Å². The van der Waals surface area contributed by atoms with Crippen LogP contribution in [0, 0.1) is 12.8 Å². The summed E-state index contributed by atoms with van der Waals surface area (Å²) in [7, 11) is 0. The number of hydrogen-bond donors (Lipinski definition) is 1. The maximum Gasteiger partial charge on any atom is 0.255 e. The molecule has 1 aromatic rings. The van der Waals surface area contributed by atoms with Gasteiger partial charge in [0.05, 0.1) is 11.7 Å². The Balaban J connectivity index is 2.10. The van der Waals surface area contributed by atoms with Crippen LogP contribution in [0.5, 0.6) is 0 Å². The number of aromatic nitrogens is 1. The van der Waals surface area contributed by atoms with E-state index in [4.69, 9.17) is 0 Å². The lowest BCUT2D eigenvalue weighted by Gasteiger charge is -2.34. The number of hydrogen-bond acceptors (Lipinski definition) is 3. The Hall–Kier alpha value is -1.42. The van der Waals surface area contributed by atoms with Crippen LogP contribution in [0.2, 0.25) is 0 Å². The molecule has 4 heteroatoms. The van der Waals surface area contributed by atoms with Gasteiger partial charge in [-0.25, -0.2) is 0 Å². The smallest absolute Gasteiger partial charge is 0.255 e. The molecule has 4 nitrogen and oxygen atoms in total. The third-order valence-electron chi connectivity index (χ3n) is 3.27. The Labute approximate surface area is 101 Å². The average Bonchev–Trinajstić information content (AvgIpc) is 2.32. The van der Waals surface area contributed by atoms with Crippen LogP contribution < -0.4 is 0 Å². The first-order chi connectivity index (χ1) is 8.08. The highest BCUT2D eigenvalue weighted by atomic mass is 16.3. The van der Waals surface area contributed by atoms with Crippen LogP contribution in [-0.4, -0.2) is 40.1 Å². The second-order valence-electron chi connectivity index (χ2n) is 4.84. The second kappa shape index (κ2) is 4.84. The number of nitrogens with zero attached hydrogens (tertiary/aromatic N) is 2. The molecule has 1 aliphatic rings. The van der Waals surface area contributed by atoms with E-state index in [0.717, 1.165) is 5.56 Å². The number of pyridine rings is 1. The molecule has 1 saturated heterocycles. The molecule has 2 unspecified atom stereocenters. The highest BCUT2D eigenvalue weighted by Gasteiger charge is 2.27. The average molecular weight is 234 g/mol. The summed E-state index contributed by atoms with van der Waals surface area (Å²) in [4.78, 5) is 18.0. The van der Waals surface area contributed by atoms with Crippen molar-refractivity contribution >= 4 is 5.91 Å². The molecular weight excluding hydrogens is 216 g/mol. The lowest BCUT2D eigenvalue weighted by molar-refractivity contribution is 0.0297. The molecule has 1 aliphatic heterocycles. The topological polar surface area (TPSA) is 53.4 Å². The van der Waals surface area contributed by atoms with Crippen molar-refractivity contribution in [3.8, 4) is 0 Å². The summed E-state index contributed by atoms with van der Waals surface area (Å²) < 4.78 is 0. The summed E-state index contributed by atoms with van der Waals surface area (Å²) in [5.74, 6) is 0.158. The third-order valence-corrected chi connectivity index (χ3v) is 3.27. The highest BCUT2D eigenvalue weighted by molar-refractivity contribution is 5.94. The zero-order valence-electron chi connectivity index (χ0n) is 10.3. The van der Waals surface area contributed by atoms with E-state index in [9.17, 15) is 9.90 Å². The predicted octanol–water partition coefficient (Wildman–Crippen LogP) is 1.23. The van der Waals surface area contributed by atoms with Crippen LogP contribution in [0.3, 0.4) is 0 Å². The van der Waals surface area contributed by atoms with Gasteiger partial charge in [-0.3, -0.25) is 9.78 Å². The first-order valence-electron chi connectivity index (χ1n) is 5.97. The first-order valence-corrected chi connectivity index (χ1v) is 5.97. The van der Waals surface area contributed by atoms with E-state index in [1.165, 1.54) is 0 Å². The molecule has 17 heavy (non-hydrogen) atoms. The van der Waals surface area contributed by atoms with Crippen molar-refractivity contribution in [2.24, 2.45) is 5.92 Å². The number of carbonyl (C=O) groups excluding carboxylic acids is 1. The molecule has 0 aromatic carbocycles. The number of aliphatic hydroxyl groups excluding tert-OH is 1. The van der Waals surface area contributed by atoms with E-state index >= 15 is 0 Å². The Bertz CT molecular complexity index is 420. The van der Waals surface area contributed by atoms with Gasteiger partial charge in [-0.2, -0.15) is 0 Å². The van der Waals surface area contributed by atoms with Gasteiger partial charge >= 0.3 is 0 Å². The minimum absolute atomic E-state index is 0.0138. The van der Waals surface area contributed by atoms with Gasteiger partial charge in [-0.05, 0) is 30.9 Å². The van der Waals surface area contributed by atoms with Gasteiger partial charge in [-0.1, -0.05) is 6.92 Å². The van der Waals surface area contributed by atoms with Crippen LogP contribution >= 0.6 is 0 Å². The van der Waals surface area contributed by atoms with Crippen molar-refractivity contribution in [1.82, 2.24) is 9.88 Å².